The minimum absolute atomic E-state index is 0.0417. The maximum Gasteiger partial charge on any atom is 0.312 e. The van der Waals surface area contributed by atoms with Gasteiger partial charge in [-0.05, 0) is 0 Å². The molecule has 0 aromatic carbocycles. The van der Waals surface area contributed by atoms with E-state index in [1.165, 1.54) is 10.9 Å². The molecular formula is C6H7N3O3. The first-order chi connectivity index (χ1) is 5.70. The molecule has 0 aliphatic carbocycles. The number of hydrogen-bond acceptors (Lipinski definition) is 4. The third-order valence-corrected chi connectivity index (χ3v) is 1.80. The van der Waals surface area contributed by atoms with Gasteiger partial charge in [0.15, 0.2) is 0 Å². The first-order valence-electron chi connectivity index (χ1n) is 3.48. The second-order valence-corrected chi connectivity index (χ2v) is 2.62. The molecule has 0 spiro atoms. The zero-order chi connectivity index (χ0) is 8.72. The summed E-state index contributed by atoms with van der Waals surface area (Å²) in [4.78, 5) is 10.0. The van der Waals surface area contributed by atoms with Gasteiger partial charge in [0.2, 0.25) is 0 Å². The van der Waals surface area contributed by atoms with Crippen LogP contribution in [0.2, 0.25) is 0 Å². The van der Waals surface area contributed by atoms with E-state index in [2.05, 4.69) is 5.10 Å². The number of nitrogens with zero attached hydrogens (tertiary/aromatic N) is 3. The molecule has 1 aliphatic heterocycles. The Morgan fingerprint density at radius 3 is 3.08 bits per heavy atom. The van der Waals surface area contributed by atoms with Crippen molar-refractivity contribution in [2.75, 3.05) is 6.61 Å². The Morgan fingerprint density at radius 2 is 2.58 bits per heavy atom. The number of aryl methyl sites for hydroxylation is 1. The standard InChI is InChI=1S/C6H7N3O3/c1-8-6(5-3-12-5)4(2-7-8)9(10)11/h2,5H,3H2,1H3/t5-/m0/s1. The molecule has 0 unspecified atom stereocenters. The van der Waals surface area contributed by atoms with Gasteiger partial charge >= 0.3 is 5.69 Å². The maximum absolute atomic E-state index is 10.5. The third kappa shape index (κ3) is 0.964. The van der Waals surface area contributed by atoms with Gasteiger partial charge in [0.05, 0.1) is 11.5 Å². The molecule has 64 valence electrons. The van der Waals surface area contributed by atoms with Crippen LogP contribution in [0.15, 0.2) is 6.20 Å². The van der Waals surface area contributed by atoms with Crippen molar-refractivity contribution >= 4 is 5.69 Å². The van der Waals surface area contributed by atoms with Crippen LogP contribution in [0.25, 0.3) is 0 Å². The summed E-state index contributed by atoms with van der Waals surface area (Å²) in [6.45, 7) is 0.556. The lowest BCUT2D eigenvalue weighted by atomic mass is 10.3. The molecule has 0 amide bonds. The number of rotatable bonds is 2. The van der Waals surface area contributed by atoms with Gasteiger partial charge in [-0.2, -0.15) is 5.10 Å². The smallest absolute Gasteiger partial charge is 0.312 e. The van der Waals surface area contributed by atoms with E-state index in [1.807, 2.05) is 0 Å². The monoisotopic (exact) mass is 169 g/mol. The highest BCUT2D eigenvalue weighted by Crippen LogP contribution is 2.35. The van der Waals surface area contributed by atoms with Gasteiger partial charge in [-0.1, -0.05) is 0 Å². The molecule has 0 N–H and O–H groups in total. The summed E-state index contributed by atoms with van der Waals surface area (Å²) < 4.78 is 6.44. The van der Waals surface area contributed by atoms with E-state index in [0.29, 0.717) is 12.3 Å². The van der Waals surface area contributed by atoms with Crippen molar-refractivity contribution in [3.05, 3.63) is 22.0 Å². The van der Waals surface area contributed by atoms with Gasteiger partial charge in [0.25, 0.3) is 0 Å². The zero-order valence-corrected chi connectivity index (χ0v) is 6.43. The van der Waals surface area contributed by atoms with E-state index in [4.69, 9.17) is 4.74 Å². The fourth-order valence-electron chi connectivity index (χ4n) is 1.16. The number of ether oxygens (including phenoxy) is 1. The van der Waals surface area contributed by atoms with Crippen molar-refractivity contribution in [2.45, 2.75) is 6.10 Å². The second kappa shape index (κ2) is 2.28. The number of nitro groups is 1. The van der Waals surface area contributed by atoms with Crippen LogP contribution in [0.3, 0.4) is 0 Å². The van der Waals surface area contributed by atoms with Crippen LogP contribution < -0.4 is 0 Å². The van der Waals surface area contributed by atoms with Gasteiger partial charge in [-0.25, -0.2) is 0 Å². The van der Waals surface area contributed by atoms with Crippen molar-refractivity contribution in [3.63, 3.8) is 0 Å². The summed E-state index contributed by atoms with van der Waals surface area (Å²) in [5.74, 6) is 0. The Hall–Kier alpha value is -1.43. The lowest BCUT2D eigenvalue weighted by Gasteiger charge is -1.94. The highest BCUT2D eigenvalue weighted by molar-refractivity contribution is 5.36. The molecule has 1 aromatic rings. The van der Waals surface area contributed by atoms with Crippen molar-refractivity contribution in [3.8, 4) is 0 Å². The quantitative estimate of drug-likeness (QED) is 0.365. The largest absolute Gasteiger partial charge is 0.366 e. The predicted molar refractivity (Wildman–Crippen MR) is 38.6 cm³/mol. The van der Waals surface area contributed by atoms with E-state index in [-0.39, 0.29) is 11.8 Å². The van der Waals surface area contributed by atoms with E-state index in [9.17, 15) is 10.1 Å². The Balaban J connectivity index is 2.46. The molecule has 0 saturated carbocycles. The van der Waals surface area contributed by atoms with Crippen molar-refractivity contribution in [2.24, 2.45) is 7.05 Å². The van der Waals surface area contributed by atoms with E-state index < -0.39 is 4.92 Å². The lowest BCUT2D eigenvalue weighted by Crippen LogP contribution is -1.99. The van der Waals surface area contributed by atoms with Crippen LogP contribution in [0.1, 0.15) is 11.8 Å². The van der Waals surface area contributed by atoms with E-state index in [0.717, 1.165) is 0 Å². The summed E-state index contributed by atoms with van der Waals surface area (Å²) in [6.07, 6.45) is 1.12. The van der Waals surface area contributed by atoms with Gasteiger partial charge in [-0.15, -0.1) is 0 Å². The summed E-state index contributed by atoms with van der Waals surface area (Å²) in [5, 5.41) is 14.3. The topological polar surface area (TPSA) is 73.5 Å². The fraction of sp³-hybridized carbons (Fsp3) is 0.500. The molecule has 2 heterocycles. The van der Waals surface area contributed by atoms with Crippen molar-refractivity contribution in [1.82, 2.24) is 9.78 Å². The molecular weight excluding hydrogens is 162 g/mol. The highest BCUT2D eigenvalue weighted by atomic mass is 16.6. The van der Waals surface area contributed by atoms with Crippen molar-refractivity contribution < 1.29 is 9.66 Å². The van der Waals surface area contributed by atoms with Gasteiger partial charge in [-0.3, -0.25) is 14.8 Å². The Bertz CT molecular complexity index is 329. The summed E-state index contributed by atoms with van der Waals surface area (Å²) >= 11 is 0. The Morgan fingerprint density at radius 1 is 1.92 bits per heavy atom. The molecule has 0 radical (unpaired) electrons. The van der Waals surface area contributed by atoms with Crippen molar-refractivity contribution in [1.29, 1.82) is 0 Å². The highest BCUT2D eigenvalue weighted by Gasteiger charge is 2.35. The minimum atomic E-state index is -0.440. The van der Waals surface area contributed by atoms with E-state index >= 15 is 0 Å². The van der Waals surface area contributed by atoms with Crippen LogP contribution >= 0.6 is 0 Å². The lowest BCUT2D eigenvalue weighted by molar-refractivity contribution is -0.385. The molecule has 6 heteroatoms. The number of aromatic nitrogens is 2. The van der Waals surface area contributed by atoms with Gasteiger partial charge in [0.1, 0.15) is 18.0 Å². The zero-order valence-electron chi connectivity index (χ0n) is 6.43. The summed E-state index contributed by atoms with van der Waals surface area (Å²) in [7, 11) is 1.67. The van der Waals surface area contributed by atoms with Crippen LogP contribution in [-0.2, 0) is 11.8 Å². The molecule has 1 aromatic heterocycles. The average Bonchev–Trinajstić information content (AvgIpc) is 2.75. The average molecular weight is 169 g/mol. The third-order valence-electron chi connectivity index (χ3n) is 1.80. The molecule has 6 nitrogen and oxygen atoms in total. The molecule has 0 bridgehead atoms. The first kappa shape index (κ1) is 7.23. The molecule has 1 saturated heterocycles. The SMILES string of the molecule is Cn1ncc([N+](=O)[O-])c1[C@@H]1CO1. The molecule has 1 aliphatic rings. The molecule has 2 rings (SSSR count). The molecule has 1 atom stereocenters. The maximum atomic E-state index is 10.5. The first-order valence-corrected chi connectivity index (χ1v) is 3.48. The Kier molecular flexibility index (Phi) is 1.37. The second-order valence-electron chi connectivity index (χ2n) is 2.62. The molecule has 12 heavy (non-hydrogen) atoms. The normalized spacial score (nSPS) is 20.9. The van der Waals surface area contributed by atoms with Crippen LogP contribution in [-0.4, -0.2) is 21.3 Å². The van der Waals surface area contributed by atoms with E-state index in [1.54, 1.807) is 7.05 Å². The number of hydrogen-bond donors (Lipinski definition) is 0. The van der Waals surface area contributed by atoms with Gasteiger partial charge in [0, 0.05) is 7.05 Å². The predicted octanol–water partition coefficient (Wildman–Crippen LogP) is 0.400. The van der Waals surface area contributed by atoms with Crippen LogP contribution in [0.4, 0.5) is 5.69 Å². The van der Waals surface area contributed by atoms with Crippen LogP contribution in [0.5, 0.6) is 0 Å². The number of epoxide rings is 1. The fourth-order valence-corrected chi connectivity index (χ4v) is 1.16. The minimum Gasteiger partial charge on any atom is -0.366 e. The van der Waals surface area contributed by atoms with Crippen LogP contribution in [0, 0.1) is 10.1 Å². The van der Waals surface area contributed by atoms with Gasteiger partial charge < -0.3 is 4.74 Å². The summed E-state index contributed by atoms with van der Waals surface area (Å²) in [5.41, 5.74) is 0.597. The Labute approximate surface area is 67.9 Å². The summed E-state index contributed by atoms with van der Waals surface area (Å²) in [6, 6.07) is 0. The molecule has 1 fully saturated rings.